The third-order valence-corrected chi connectivity index (χ3v) is 9.74. The third kappa shape index (κ3) is 2.56. The molecule has 156 valence electrons. The molecular weight excluding hydrogens is 509 g/mol. The number of nitrogens with one attached hydrogen (secondary N) is 1. The van der Waals surface area contributed by atoms with E-state index in [-0.39, 0.29) is 16.2 Å². The Balaban J connectivity index is 1.33. The standard InChI is InChI=1S/C22H24IN5OS/c1-21(2)15-5-3-4-14-12-22(18(17(14)15)26-30(21)29)6-9-27(10-7-22)20-25-13-16(23)19-24-8-11-28(19)20/h3-5,8,11,13,18,26H,6-7,9-10,12H2,1-2H3/t18-,30?/m1/s1. The molecule has 6 rings (SSSR count). The minimum atomic E-state index is -1.09. The van der Waals surface area contributed by atoms with E-state index < -0.39 is 11.4 Å². The first kappa shape index (κ1) is 19.3. The molecule has 30 heavy (non-hydrogen) atoms. The van der Waals surface area contributed by atoms with E-state index in [1.807, 2.05) is 18.6 Å². The second kappa shape index (κ2) is 6.57. The Kier molecular flexibility index (Phi) is 4.23. The Morgan fingerprint density at radius 3 is 2.83 bits per heavy atom. The summed E-state index contributed by atoms with van der Waals surface area (Å²) < 4.78 is 19.4. The van der Waals surface area contributed by atoms with E-state index >= 15 is 0 Å². The number of fused-ring (bicyclic) bond motifs is 2. The van der Waals surface area contributed by atoms with Crippen LogP contribution in [-0.4, -0.2) is 32.0 Å². The SMILES string of the molecule is CC1(C)c2cccc3c2[C@@H](N[S+]1[O-])C1(CCN(c2ncc(I)c4nccn24)CC1)C3. The van der Waals surface area contributed by atoms with Gasteiger partial charge in [0.1, 0.15) is 0 Å². The van der Waals surface area contributed by atoms with Gasteiger partial charge in [-0.1, -0.05) is 18.2 Å². The van der Waals surface area contributed by atoms with Crippen molar-refractivity contribution in [3.05, 3.63) is 57.1 Å². The zero-order valence-corrected chi connectivity index (χ0v) is 20.0. The van der Waals surface area contributed by atoms with E-state index in [1.165, 1.54) is 16.7 Å². The van der Waals surface area contributed by atoms with E-state index in [0.717, 1.165) is 47.5 Å². The first-order valence-electron chi connectivity index (χ1n) is 10.4. The highest BCUT2D eigenvalue weighted by Gasteiger charge is 2.56. The van der Waals surface area contributed by atoms with Gasteiger partial charge < -0.3 is 9.45 Å². The predicted octanol–water partition coefficient (Wildman–Crippen LogP) is 3.72. The van der Waals surface area contributed by atoms with Crippen molar-refractivity contribution in [3.63, 3.8) is 0 Å². The average molecular weight is 533 g/mol. The Labute approximate surface area is 192 Å². The summed E-state index contributed by atoms with van der Waals surface area (Å²) in [6.45, 7) is 6.07. The number of piperidine rings is 1. The van der Waals surface area contributed by atoms with Gasteiger partial charge >= 0.3 is 0 Å². The molecule has 3 aliphatic rings. The number of hydrogen-bond acceptors (Lipinski definition) is 5. The molecule has 1 spiro atoms. The fourth-order valence-electron chi connectivity index (χ4n) is 5.69. The maximum atomic E-state index is 13.1. The van der Waals surface area contributed by atoms with Crippen LogP contribution in [0.15, 0.2) is 36.8 Å². The Hall–Kier alpha value is -1.36. The van der Waals surface area contributed by atoms with Gasteiger partial charge in [0, 0.05) is 54.0 Å². The van der Waals surface area contributed by atoms with Crippen molar-refractivity contribution in [1.29, 1.82) is 0 Å². The molecule has 0 bridgehead atoms. The molecule has 0 radical (unpaired) electrons. The molecule has 2 atom stereocenters. The lowest BCUT2D eigenvalue weighted by Gasteiger charge is -2.46. The minimum absolute atomic E-state index is 0.123. The lowest BCUT2D eigenvalue weighted by Crippen LogP contribution is -2.53. The van der Waals surface area contributed by atoms with Crippen LogP contribution in [0.2, 0.25) is 0 Å². The van der Waals surface area contributed by atoms with Crippen molar-refractivity contribution in [2.45, 2.75) is 43.9 Å². The number of nitrogens with zero attached hydrogens (tertiary/aromatic N) is 4. The van der Waals surface area contributed by atoms with Gasteiger partial charge in [0.25, 0.3) is 0 Å². The molecule has 8 heteroatoms. The van der Waals surface area contributed by atoms with E-state index in [4.69, 9.17) is 4.98 Å². The van der Waals surface area contributed by atoms with Gasteiger partial charge in [0.15, 0.2) is 10.4 Å². The Morgan fingerprint density at radius 1 is 1.23 bits per heavy atom. The van der Waals surface area contributed by atoms with Crippen molar-refractivity contribution >= 4 is 45.5 Å². The number of anilines is 1. The molecule has 1 unspecified atom stereocenters. The monoisotopic (exact) mass is 533 g/mol. The maximum Gasteiger partial charge on any atom is 0.211 e. The van der Waals surface area contributed by atoms with Crippen LogP contribution in [0.3, 0.4) is 0 Å². The topological polar surface area (TPSA) is 68.5 Å². The summed E-state index contributed by atoms with van der Waals surface area (Å²) in [4.78, 5) is 11.6. The van der Waals surface area contributed by atoms with Crippen LogP contribution >= 0.6 is 22.6 Å². The Bertz CT molecular complexity index is 1150. The average Bonchev–Trinajstić information content (AvgIpc) is 3.33. The van der Waals surface area contributed by atoms with Gasteiger partial charge in [-0.05, 0) is 66.8 Å². The summed E-state index contributed by atoms with van der Waals surface area (Å²) in [5.74, 6) is 0.968. The highest BCUT2D eigenvalue weighted by molar-refractivity contribution is 14.1. The smallest absolute Gasteiger partial charge is 0.211 e. The van der Waals surface area contributed by atoms with E-state index in [1.54, 1.807) is 0 Å². The number of aromatic nitrogens is 3. The zero-order valence-electron chi connectivity index (χ0n) is 17.1. The fourth-order valence-corrected chi connectivity index (χ4v) is 7.48. The van der Waals surface area contributed by atoms with Crippen LogP contribution in [-0.2, 0) is 22.5 Å². The lowest BCUT2D eigenvalue weighted by molar-refractivity contribution is 0.172. The summed E-state index contributed by atoms with van der Waals surface area (Å²) in [6, 6.07) is 6.78. The summed E-state index contributed by atoms with van der Waals surface area (Å²) >= 11 is 1.20. The summed E-state index contributed by atoms with van der Waals surface area (Å²) in [5, 5.41) is 0. The highest BCUT2D eigenvalue weighted by Crippen LogP contribution is 2.57. The molecule has 1 N–H and O–H groups in total. The van der Waals surface area contributed by atoms with Gasteiger partial charge in [-0.3, -0.25) is 4.40 Å². The van der Waals surface area contributed by atoms with E-state index in [0.29, 0.717) is 0 Å². The quantitative estimate of drug-likeness (QED) is 0.382. The fraction of sp³-hybridized carbons (Fsp3) is 0.455. The highest BCUT2D eigenvalue weighted by atomic mass is 127. The van der Waals surface area contributed by atoms with E-state index in [2.05, 4.69) is 73.6 Å². The summed E-state index contributed by atoms with van der Waals surface area (Å²) in [6.07, 6.45) is 8.92. The summed E-state index contributed by atoms with van der Waals surface area (Å²) in [5.41, 5.74) is 5.21. The first-order valence-corrected chi connectivity index (χ1v) is 12.7. The molecule has 0 amide bonds. The van der Waals surface area contributed by atoms with Crippen LogP contribution < -0.4 is 9.62 Å². The molecule has 4 heterocycles. The number of imidazole rings is 1. The Morgan fingerprint density at radius 2 is 2.03 bits per heavy atom. The molecule has 1 fully saturated rings. The minimum Gasteiger partial charge on any atom is -0.597 e. The maximum absolute atomic E-state index is 13.1. The molecule has 2 aliphatic heterocycles. The predicted molar refractivity (Wildman–Crippen MR) is 127 cm³/mol. The van der Waals surface area contributed by atoms with Crippen LogP contribution in [0.1, 0.15) is 49.4 Å². The van der Waals surface area contributed by atoms with Gasteiger partial charge in [-0.25, -0.2) is 9.97 Å². The van der Waals surface area contributed by atoms with Gasteiger partial charge in [-0.2, -0.15) is 0 Å². The molecular formula is C22H24IN5OS. The second-order valence-electron chi connectivity index (χ2n) is 9.26. The molecule has 6 nitrogen and oxygen atoms in total. The van der Waals surface area contributed by atoms with Crippen molar-refractivity contribution in [3.8, 4) is 0 Å². The van der Waals surface area contributed by atoms with E-state index in [9.17, 15) is 4.55 Å². The van der Waals surface area contributed by atoms with Gasteiger partial charge in [-0.15, -0.1) is 4.72 Å². The van der Waals surface area contributed by atoms with Crippen LogP contribution in [0, 0.1) is 8.99 Å². The molecule has 1 aliphatic carbocycles. The normalized spacial score (nSPS) is 26.3. The first-order chi connectivity index (χ1) is 14.4. The second-order valence-corrected chi connectivity index (χ2v) is 12.2. The van der Waals surface area contributed by atoms with Crippen LogP contribution in [0.5, 0.6) is 0 Å². The molecule has 3 aromatic rings. The molecule has 0 saturated carbocycles. The number of hydrogen-bond donors (Lipinski definition) is 1. The number of halogens is 1. The van der Waals surface area contributed by atoms with Crippen molar-refractivity contribution in [2.75, 3.05) is 18.0 Å². The lowest BCUT2D eigenvalue weighted by atomic mass is 9.72. The third-order valence-electron chi connectivity index (χ3n) is 7.38. The van der Waals surface area contributed by atoms with Crippen molar-refractivity contribution in [1.82, 2.24) is 19.1 Å². The van der Waals surface area contributed by atoms with Gasteiger partial charge in [0.2, 0.25) is 5.95 Å². The zero-order chi connectivity index (χ0) is 20.7. The molecule has 1 saturated heterocycles. The van der Waals surface area contributed by atoms with Crippen LogP contribution in [0.4, 0.5) is 5.95 Å². The number of rotatable bonds is 1. The largest absolute Gasteiger partial charge is 0.597 e. The molecule has 1 aromatic carbocycles. The van der Waals surface area contributed by atoms with Crippen molar-refractivity contribution < 1.29 is 4.55 Å². The van der Waals surface area contributed by atoms with Gasteiger partial charge in [0.05, 0.1) is 9.61 Å². The number of benzene rings is 1. The van der Waals surface area contributed by atoms with Crippen molar-refractivity contribution in [2.24, 2.45) is 5.41 Å². The van der Waals surface area contributed by atoms with Crippen LogP contribution in [0.25, 0.3) is 5.65 Å². The molecule has 2 aromatic heterocycles. The summed E-state index contributed by atoms with van der Waals surface area (Å²) in [7, 11) is 0.